The smallest absolute Gasteiger partial charge is 0.409 e. The van der Waals surface area contributed by atoms with Gasteiger partial charge in [0.05, 0.1) is 6.61 Å². The second-order valence-electron chi connectivity index (χ2n) is 7.59. The van der Waals surface area contributed by atoms with E-state index in [1.165, 1.54) is 5.56 Å². The van der Waals surface area contributed by atoms with E-state index >= 15 is 0 Å². The summed E-state index contributed by atoms with van der Waals surface area (Å²) >= 11 is 0. The Hall–Kier alpha value is -2.24. The summed E-state index contributed by atoms with van der Waals surface area (Å²) in [6.45, 7) is 9.78. The van der Waals surface area contributed by atoms with Crippen LogP contribution in [0.5, 0.6) is 5.75 Å². The van der Waals surface area contributed by atoms with E-state index in [1.807, 2.05) is 18.2 Å². The molecule has 0 atom stereocenters. The van der Waals surface area contributed by atoms with Crippen LogP contribution < -0.4 is 10.1 Å². The van der Waals surface area contributed by atoms with Gasteiger partial charge in [0.2, 0.25) is 0 Å². The summed E-state index contributed by atoms with van der Waals surface area (Å²) in [6, 6.07) is 7.91. The summed E-state index contributed by atoms with van der Waals surface area (Å²) in [4.78, 5) is 25.5. The quantitative estimate of drug-likeness (QED) is 0.874. The van der Waals surface area contributed by atoms with Gasteiger partial charge in [-0.3, -0.25) is 4.79 Å². The van der Waals surface area contributed by atoms with Crippen molar-refractivity contribution in [1.82, 2.24) is 10.2 Å². The van der Waals surface area contributed by atoms with Gasteiger partial charge in [0, 0.05) is 19.1 Å². The van der Waals surface area contributed by atoms with E-state index in [1.54, 1.807) is 11.8 Å². The molecule has 0 aliphatic carbocycles. The highest BCUT2D eigenvalue weighted by molar-refractivity contribution is 5.78. The lowest BCUT2D eigenvalue weighted by atomic mass is 9.87. The molecule has 1 aliphatic heterocycles. The van der Waals surface area contributed by atoms with Crippen molar-refractivity contribution in [2.24, 2.45) is 0 Å². The number of nitrogens with one attached hydrogen (secondary N) is 1. The van der Waals surface area contributed by atoms with Crippen LogP contribution in [0.25, 0.3) is 0 Å². The molecule has 2 amide bonds. The van der Waals surface area contributed by atoms with Crippen molar-refractivity contribution in [3.05, 3.63) is 29.8 Å². The summed E-state index contributed by atoms with van der Waals surface area (Å²) in [5, 5.41) is 2.98. The molecule has 0 aromatic heterocycles. The predicted molar refractivity (Wildman–Crippen MR) is 100 cm³/mol. The van der Waals surface area contributed by atoms with E-state index in [0.29, 0.717) is 25.4 Å². The first-order valence-corrected chi connectivity index (χ1v) is 9.24. The molecule has 0 bridgehead atoms. The largest absolute Gasteiger partial charge is 0.484 e. The first-order valence-electron chi connectivity index (χ1n) is 9.24. The highest BCUT2D eigenvalue weighted by atomic mass is 16.6. The van der Waals surface area contributed by atoms with E-state index in [-0.39, 0.29) is 30.1 Å². The lowest BCUT2D eigenvalue weighted by Gasteiger charge is -2.31. The standard InChI is InChI=1S/C20H30N2O4/c1-5-25-19(24)22-11-9-16(10-12-22)21-18(23)14-26-17-8-6-7-15(13-17)20(2,3)4/h6-8,13,16H,5,9-12,14H2,1-4H3,(H,21,23). The minimum Gasteiger partial charge on any atom is -0.484 e. The molecule has 1 saturated heterocycles. The van der Waals surface area contributed by atoms with Crippen molar-refractivity contribution < 1.29 is 19.1 Å². The van der Waals surface area contributed by atoms with Crippen LogP contribution in [0.2, 0.25) is 0 Å². The predicted octanol–water partition coefficient (Wildman–Crippen LogP) is 3.10. The van der Waals surface area contributed by atoms with Crippen LogP contribution in [0, 0.1) is 0 Å². The SMILES string of the molecule is CCOC(=O)N1CCC(NC(=O)COc2cccc(C(C)(C)C)c2)CC1. The van der Waals surface area contributed by atoms with Gasteiger partial charge in [-0.25, -0.2) is 4.79 Å². The topological polar surface area (TPSA) is 67.9 Å². The number of hydrogen-bond donors (Lipinski definition) is 1. The molecule has 1 aromatic rings. The fraction of sp³-hybridized carbons (Fsp3) is 0.600. The van der Waals surface area contributed by atoms with Crippen LogP contribution in [0.3, 0.4) is 0 Å². The molecule has 6 heteroatoms. The van der Waals surface area contributed by atoms with Gasteiger partial charge in [-0.05, 0) is 42.9 Å². The van der Waals surface area contributed by atoms with Gasteiger partial charge in [0.15, 0.2) is 6.61 Å². The average molecular weight is 362 g/mol. The Balaban J connectivity index is 1.76. The van der Waals surface area contributed by atoms with Crippen LogP contribution in [0.1, 0.15) is 46.1 Å². The number of carbonyl (C=O) groups excluding carboxylic acids is 2. The van der Waals surface area contributed by atoms with E-state index in [0.717, 1.165) is 12.8 Å². The number of rotatable bonds is 5. The average Bonchev–Trinajstić information content (AvgIpc) is 2.60. The monoisotopic (exact) mass is 362 g/mol. The third-order valence-electron chi connectivity index (χ3n) is 4.46. The molecule has 144 valence electrons. The number of ether oxygens (including phenoxy) is 2. The van der Waals surface area contributed by atoms with E-state index in [2.05, 4.69) is 32.2 Å². The molecule has 1 heterocycles. The second-order valence-corrected chi connectivity index (χ2v) is 7.59. The van der Waals surface area contributed by atoms with Crippen LogP contribution in [-0.4, -0.2) is 49.2 Å². The Kier molecular flexibility index (Phi) is 6.89. The number of piperidine rings is 1. The van der Waals surface area contributed by atoms with Crippen molar-refractivity contribution in [2.45, 2.75) is 52.0 Å². The van der Waals surface area contributed by atoms with Crippen LogP contribution >= 0.6 is 0 Å². The summed E-state index contributed by atoms with van der Waals surface area (Å²) in [5.74, 6) is 0.561. The first kappa shape index (κ1) is 20.1. The van der Waals surface area contributed by atoms with Gasteiger partial charge in [-0.2, -0.15) is 0 Å². The van der Waals surface area contributed by atoms with E-state index in [9.17, 15) is 9.59 Å². The second kappa shape index (κ2) is 8.92. The highest BCUT2D eigenvalue weighted by Gasteiger charge is 2.24. The van der Waals surface area contributed by atoms with Crippen LogP contribution in [0.4, 0.5) is 4.79 Å². The maximum atomic E-state index is 12.1. The van der Waals surface area contributed by atoms with Crippen molar-refractivity contribution in [3.8, 4) is 5.75 Å². The molecular weight excluding hydrogens is 332 g/mol. The molecule has 0 radical (unpaired) electrons. The third-order valence-corrected chi connectivity index (χ3v) is 4.46. The Morgan fingerprint density at radius 1 is 1.23 bits per heavy atom. The zero-order chi connectivity index (χ0) is 19.2. The number of nitrogens with zero attached hydrogens (tertiary/aromatic N) is 1. The molecule has 0 unspecified atom stereocenters. The third kappa shape index (κ3) is 5.93. The number of benzene rings is 1. The summed E-state index contributed by atoms with van der Waals surface area (Å²) in [7, 11) is 0. The van der Waals surface area contributed by atoms with Gasteiger partial charge < -0.3 is 19.7 Å². The fourth-order valence-corrected chi connectivity index (χ4v) is 2.89. The molecule has 1 aromatic carbocycles. The molecule has 2 rings (SSSR count). The summed E-state index contributed by atoms with van der Waals surface area (Å²) in [5.41, 5.74) is 1.20. The maximum absolute atomic E-state index is 12.1. The van der Waals surface area contributed by atoms with Crippen LogP contribution in [-0.2, 0) is 14.9 Å². The minimum atomic E-state index is -0.278. The van der Waals surface area contributed by atoms with Crippen molar-refractivity contribution in [3.63, 3.8) is 0 Å². The zero-order valence-electron chi connectivity index (χ0n) is 16.2. The molecular formula is C20H30N2O4. The maximum Gasteiger partial charge on any atom is 0.409 e. The van der Waals surface area contributed by atoms with Gasteiger partial charge in [0.1, 0.15) is 5.75 Å². The zero-order valence-corrected chi connectivity index (χ0v) is 16.2. The number of carbonyl (C=O) groups is 2. The van der Waals surface area contributed by atoms with Crippen molar-refractivity contribution >= 4 is 12.0 Å². The lowest BCUT2D eigenvalue weighted by Crippen LogP contribution is -2.47. The van der Waals surface area contributed by atoms with Gasteiger partial charge in [0.25, 0.3) is 5.91 Å². The van der Waals surface area contributed by atoms with Gasteiger partial charge in [-0.1, -0.05) is 32.9 Å². The highest BCUT2D eigenvalue weighted by Crippen LogP contribution is 2.25. The van der Waals surface area contributed by atoms with Crippen LogP contribution in [0.15, 0.2) is 24.3 Å². The van der Waals surface area contributed by atoms with Gasteiger partial charge >= 0.3 is 6.09 Å². The lowest BCUT2D eigenvalue weighted by molar-refractivity contribution is -0.124. The summed E-state index contributed by atoms with van der Waals surface area (Å²) in [6.07, 6.45) is 1.17. The molecule has 1 aliphatic rings. The van der Waals surface area contributed by atoms with E-state index in [4.69, 9.17) is 9.47 Å². The summed E-state index contributed by atoms with van der Waals surface area (Å²) < 4.78 is 10.6. The molecule has 1 fully saturated rings. The Bertz CT molecular complexity index is 616. The van der Waals surface area contributed by atoms with Gasteiger partial charge in [-0.15, -0.1) is 0 Å². The molecule has 26 heavy (non-hydrogen) atoms. The number of likely N-dealkylation sites (tertiary alicyclic amines) is 1. The van der Waals surface area contributed by atoms with E-state index < -0.39 is 0 Å². The molecule has 1 N–H and O–H groups in total. The Morgan fingerprint density at radius 3 is 2.54 bits per heavy atom. The molecule has 0 saturated carbocycles. The normalized spacial score (nSPS) is 15.5. The molecule has 0 spiro atoms. The number of hydrogen-bond acceptors (Lipinski definition) is 4. The molecule has 6 nitrogen and oxygen atoms in total. The number of amides is 2. The fourth-order valence-electron chi connectivity index (χ4n) is 2.89. The Labute approximate surface area is 155 Å². The first-order chi connectivity index (χ1) is 12.3. The van der Waals surface area contributed by atoms with Crippen molar-refractivity contribution in [2.75, 3.05) is 26.3 Å². The Morgan fingerprint density at radius 2 is 1.92 bits per heavy atom. The van der Waals surface area contributed by atoms with Crippen molar-refractivity contribution in [1.29, 1.82) is 0 Å². The minimum absolute atomic E-state index is 0.00825.